The van der Waals surface area contributed by atoms with E-state index in [9.17, 15) is 8.78 Å². The van der Waals surface area contributed by atoms with Crippen LogP contribution in [0.15, 0.2) is 12.4 Å². The molecule has 62 valence electrons. The summed E-state index contributed by atoms with van der Waals surface area (Å²) in [5, 5.41) is 8.41. The van der Waals surface area contributed by atoms with Gasteiger partial charge in [-0.15, -0.1) is 0 Å². The summed E-state index contributed by atoms with van der Waals surface area (Å²) in [5.41, 5.74) is -0.633. The molecule has 5 heteroatoms. The van der Waals surface area contributed by atoms with E-state index in [2.05, 4.69) is 4.98 Å². The lowest BCUT2D eigenvalue weighted by Crippen LogP contribution is -1.92. The van der Waals surface area contributed by atoms with Crippen molar-refractivity contribution in [3.05, 3.63) is 28.5 Å². The molecule has 1 aromatic heterocycles. The molecule has 0 saturated heterocycles. The molecule has 0 aromatic carbocycles. The molecule has 0 N–H and O–H groups in total. The monoisotopic (exact) mass is 188 g/mol. The van der Waals surface area contributed by atoms with Gasteiger partial charge in [-0.3, -0.25) is 4.98 Å². The van der Waals surface area contributed by atoms with E-state index in [-0.39, 0.29) is 10.6 Å². The largest absolute Gasteiger partial charge is 0.266 e. The van der Waals surface area contributed by atoms with Crippen LogP contribution in [0.1, 0.15) is 17.6 Å². The van der Waals surface area contributed by atoms with E-state index >= 15 is 0 Å². The SMILES string of the molecule is N#Cc1c(Cl)cncc1C(F)F. The van der Waals surface area contributed by atoms with E-state index in [0.717, 1.165) is 12.4 Å². The molecule has 12 heavy (non-hydrogen) atoms. The number of alkyl halides is 2. The normalized spacial score (nSPS) is 9.92. The van der Waals surface area contributed by atoms with Crippen LogP contribution < -0.4 is 0 Å². The lowest BCUT2D eigenvalue weighted by atomic mass is 10.2. The van der Waals surface area contributed by atoms with Gasteiger partial charge in [-0.2, -0.15) is 5.26 Å². The van der Waals surface area contributed by atoms with Crippen molar-refractivity contribution in [2.75, 3.05) is 0 Å². The van der Waals surface area contributed by atoms with Crippen molar-refractivity contribution >= 4 is 11.6 Å². The third-order valence-electron chi connectivity index (χ3n) is 1.28. The molecule has 0 aliphatic carbocycles. The van der Waals surface area contributed by atoms with Crippen molar-refractivity contribution in [3.63, 3.8) is 0 Å². The Labute approximate surface area is 72.4 Å². The maximum absolute atomic E-state index is 12.1. The van der Waals surface area contributed by atoms with E-state index in [0.29, 0.717) is 0 Å². The maximum atomic E-state index is 12.1. The van der Waals surface area contributed by atoms with Crippen LogP contribution in [0.3, 0.4) is 0 Å². The zero-order valence-corrected chi connectivity index (χ0v) is 6.52. The van der Waals surface area contributed by atoms with Crippen LogP contribution in [0, 0.1) is 11.3 Å². The average Bonchev–Trinajstić information content (AvgIpc) is 2.03. The number of nitriles is 1. The fraction of sp³-hybridized carbons (Fsp3) is 0.143. The Kier molecular flexibility index (Phi) is 2.56. The summed E-state index contributed by atoms with van der Waals surface area (Å²) >= 11 is 5.46. The molecule has 1 heterocycles. The fourth-order valence-corrected chi connectivity index (χ4v) is 0.941. The quantitative estimate of drug-likeness (QED) is 0.679. The van der Waals surface area contributed by atoms with Gasteiger partial charge in [0, 0.05) is 12.4 Å². The molecule has 0 saturated carbocycles. The lowest BCUT2D eigenvalue weighted by molar-refractivity contribution is 0.150. The highest BCUT2D eigenvalue weighted by molar-refractivity contribution is 6.31. The number of nitrogens with zero attached hydrogens (tertiary/aromatic N) is 2. The molecule has 0 fully saturated rings. The van der Waals surface area contributed by atoms with Gasteiger partial charge in [0.15, 0.2) is 0 Å². The topological polar surface area (TPSA) is 36.7 Å². The number of hydrogen-bond acceptors (Lipinski definition) is 2. The smallest absolute Gasteiger partial charge is 0.263 e. The van der Waals surface area contributed by atoms with Crippen molar-refractivity contribution in [1.82, 2.24) is 4.98 Å². The zero-order valence-electron chi connectivity index (χ0n) is 5.76. The summed E-state index contributed by atoms with van der Waals surface area (Å²) < 4.78 is 24.3. The highest BCUT2D eigenvalue weighted by Crippen LogP contribution is 2.25. The van der Waals surface area contributed by atoms with Gasteiger partial charge < -0.3 is 0 Å². The summed E-state index contributed by atoms with van der Waals surface area (Å²) in [6.07, 6.45) is -0.619. The van der Waals surface area contributed by atoms with E-state index in [1.165, 1.54) is 0 Å². The first-order valence-electron chi connectivity index (χ1n) is 2.98. The predicted octanol–water partition coefficient (Wildman–Crippen LogP) is 2.54. The van der Waals surface area contributed by atoms with Crippen LogP contribution in [0.5, 0.6) is 0 Å². The Morgan fingerprint density at radius 2 is 2.17 bits per heavy atom. The predicted molar refractivity (Wildman–Crippen MR) is 38.9 cm³/mol. The summed E-state index contributed by atoms with van der Waals surface area (Å²) in [6.45, 7) is 0. The van der Waals surface area contributed by atoms with Gasteiger partial charge in [-0.1, -0.05) is 11.6 Å². The molecule has 1 rings (SSSR count). The van der Waals surface area contributed by atoms with Gasteiger partial charge in [0.2, 0.25) is 0 Å². The Morgan fingerprint density at radius 1 is 1.50 bits per heavy atom. The molecule has 0 aliphatic heterocycles. The minimum Gasteiger partial charge on any atom is -0.263 e. The number of aromatic nitrogens is 1. The fourth-order valence-electron chi connectivity index (χ4n) is 0.733. The van der Waals surface area contributed by atoms with Crippen LogP contribution in [0.25, 0.3) is 0 Å². The Balaban J connectivity index is 3.30. The van der Waals surface area contributed by atoms with Crippen LogP contribution in [-0.4, -0.2) is 4.98 Å². The summed E-state index contributed by atoms with van der Waals surface area (Å²) in [7, 11) is 0. The van der Waals surface area contributed by atoms with Crippen LogP contribution >= 0.6 is 11.6 Å². The summed E-state index contributed by atoms with van der Waals surface area (Å²) in [4.78, 5) is 3.45. The first kappa shape index (κ1) is 8.88. The van der Waals surface area contributed by atoms with Crippen LogP contribution in [-0.2, 0) is 0 Å². The third kappa shape index (κ3) is 1.51. The first-order chi connectivity index (χ1) is 5.66. The Morgan fingerprint density at radius 3 is 2.58 bits per heavy atom. The number of hydrogen-bond donors (Lipinski definition) is 0. The van der Waals surface area contributed by atoms with Crippen molar-refractivity contribution in [2.45, 2.75) is 6.43 Å². The molecule has 2 nitrogen and oxygen atoms in total. The average molecular weight is 189 g/mol. The first-order valence-corrected chi connectivity index (χ1v) is 3.36. The standard InChI is InChI=1S/C7H3ClF2N2/c8-6-3-12-2-5(7(9)10)4(6)1-11/h2-3,7H. The van der Waals surface area contributed by atoms with E-state index in [4.69, 9.17) is 16.9 Å². The van der Waals surface area contributed by atoms with E-state index in [1.54, 1.807) is 6.07 Å². The molecular formula is C7H3ClF2N2. The number of rotatable bonds is 1. The van der Waals surface area contributed by atoms with Gasteiger partial charge in [0.05, 0.1) is 16.1 Å². The second-order valence-electron chi connectivity index (χ2n) is 2.00. The second kappa shape index (κ2) is 3.46. The highest BCUT2D eigenvalue weighted by atomic mass is 35.5. The van der Waals surface area contributed by atoms with Gasteiger partial charge in [-0.25, -0.2) is 8.78 Å². The van der Waals surface area contributed by atoms with Crippen LogP contribution in [0.4, 0.5) is 8.78 Å². The summed E-state index contributed by atoms with van der Waals surface area (Å²) in [6, 6.07) is 1.59. The van der Waals surface area contributed by atoms with Gasteiger partial charge in [0.25, 0.3) is 6.43 Å². The molecule has 0 bridgehead atoms. The molecule has 0 amide bonds. The molecule has 0 unspecified atom stereocenters. The minimum atomic E-state index is -2.72. The van der Waals surface area contributed by atoms with Gasteiger partial charge in [0.1, 0.15) is 6.07 Å². The summed E-state index contributed by atoms with van der Waals surface area (Å²) in [5.74, 6) is 0. The maximum Gasteiger partial charge on any atom is 0.266 e. The highest BCUT2D eigenvalue weighted by Gasteiger charge is 2.15. The molecule has 0 spiro atoms. The van der Waals surface area contributed by atoms with E-state index < -0.39 is 12.0 Å². The molecule has 0 atom stereocenters. The number of pyridine rings is 1. The molecule has 1 aromatic rings. The van der Waals surface area contributed by atoms with Crippen molar-refractivity contribution in [2.24, 2.45) is 0 Å². The molecule has 0 aliphatic rings. The zero-order chi connectivity index (χ0) is 9.14. The van der Waals surface area contributed by atoms with Crippen molar-refractivity contribution in [3.8, 4) is 6.07 Å². The Bertz CT molecular complexity index is 333. The Hall–Kier alpha value is -1.21. The molecule has 0 radical (unpaired) electrons. The van der Waals surface area contributed by atoms with Crippen molar-refractivity contribution < 1.29 is 8.78 Å². The second-order valence-corrected chi connectivity index (χ2v) is 2.41. The number of halogens is 3. The van der Waals surface area contributed by atoms with Crippen LogP contribution in [0.2, 0.25) is 5.02 Å². The van der Waals surface area contributed by atoms with Gasteiger partial charge >= 0.3 is 0 Å². The van der Waals surface area contributed by atoms with Crippen molar-refractivity contribution in [1.29, 1.82) is 5.26 Å². The minimum absolute atomic E-state index is 0.0460. The molecular weight excluding hydrogens is 186 g/mol. The van der Waals surface area contributed by atoms with Gasteiger partial charge in [-0.05, 0) is 0 Å². The van der Waals surface area contributed by atoms with E-state index in [1.807, 2.05) is 0 Å². The lowest BCUT2D eigenvalue weighted by Gasteiger charge is -2.01. The third-order valence-corrected chi connectivity index (χ3v) is 1.56.